The Labute approximate surface area is 130 Å². The van der Waals surface area contributed by atoms with E-state index in [1.54, 1.807) is 11.3 Å². The quantitative estimate of drug-likeness (QED) is 0.763. The van der Waals surface area contributed by atoms with Gasteiger partial charge in [-0.05, 0) is 39.4 Å². The van der Waals surface area contributed by atoms with Crippen molar-refractivity contribution in [3.8, 4) is 0 Å². The van der Waals surface area contributed by atoms with Crippen LogP contribution in [0.2, 0.25) is 0 Å². The maximum absolute atomic E-state index is 12.0. The van der Waals surface area contributed by atoms with E-state index in [-0.39, 0.29) is 5.91 Å². The van der Waals surface area contributed by atoms with Crippen molar-refractivity contribution in [2.75, 3.05) is 26.2 Å². The predicted molar refractivity (Wildman–Crippen MR) is 87.2 cm³/mol. The van der Waals surface area contributed by atoms with Gasteiger partial charge in [-0.3, -0.25) is 9.20 Å². The maximum atomic E-state index is 12.0. The predicted octanol–water partition coefficient (Wildman–Crippen LogP) is 2.56. The summed E-state index contributed by atoms with van der Waals surface area (Å²) in [6.45, 7) is 10.4. The number of carbonyl (C=O) groups is 1. The fourth-order valence-corrected chi connectivity index (χ4v) is 3.15. The molecular formula is C15H24N4OS. The van der Waals surface area contributed by atoms with Gasteiger partial charge in [-0.25, -0.2) is 4.98 Å². The van der Waals surface area contributed by atoms with Crippen LogP contribution in [0, 0.1) is 6.92 Å². The number of amides is 1. The first-order chi connectivity index (χ1) is 10.2. The topological polar surface area (TPSA) is 49.6 Å². The zero-order chi connectivity index (χ0) is 15.2. The second-order valence-electron chi connectivity index (χ2n) is 5.15. The molecule has 2 heterocycles. The molecule has 0 unspecified atom stereocenters. The van der Waals surface area contributed by atoms with Gasteiger partial charge in [0.1, 0.15) is 5.69 Å². The van der Waals surface area contributed by atoms with E-state index < -0.39 is 0 Å². The fourth-order valence-electron chi connectivity index (χ4n) is 2.30. The van der Waals surface area contributed by atoms with E-state index in [4.69, 9.17) is 0 Å². The average Bonchev–Trinajstić information content (AvgIpc) is 3.05. The van der Waals surface area contributed by atoms with Crippen molar-refractivity contribution in [3.05, 3.63) is 23.0 Å². The molecule has 2 rings (SSSR count). The highest BCUT2D eigenvalue weighted by atomic mass is 32.1. The summed E-state index contributed by atoms with van der Waals surface area (Å²) in [5, 5.41) is 4.99. The van der Waals surface area contributed by atoms with Gasteiger partial charge in [0.15, 0.2) is 4.96 Å². The van der Waals surface area contributed by atoms with Gasteiger partial charge in [-0.2, -0.15) is 0 Å². The summed E-state index contributed by atoms with van der Waals surface area (Å²) in [6, 6.07) is 0. The molecule has 2 aromatic rings. The van der Waals surface area contributed by atoms with Crippen molar-refractivity contribution in [1.82, 2.24) is 19.6 Å². The van der Waals surface area contributed by atoms with Gasteiger partial charge in [0.2, 0.25) is 0 Å². The first-order valence-corrected chi connectivity index (χ1v) is 8.47. The SMILES string of the molecule is CCN(CC)CCCCNC(=O)c1cn2c(C)csc2n1. The molecule has 1 amide bonds. The van der Waals surface area contributed by atoms with Crippen LogP contribution in [0.5, 0.6) is 0 Å². The average molecular weight is 308 g/mol. The number of imidazole rings is 1. The van der Waals surface area contributed by atoms with E-state index in [1.165, 1.54) is 0 Å². The first-order valence-electron chi connectivity index (χ1n) is 7.59. The summed E-state index contributed by atoms with van der Waals surface area (Å²) in [5.41, 5.74) is 1.62. The van der Waals surface area contributed by atoms with Gasteiger partial charge in [0.25, 0.3) is 5.91 Å². The zero-order valence-corrected chi connectivity index (χ0v) is 13.9. The monoisotopic (exact) mass is 308 g/mol. The third-order valence-corrected chi connectivity index (χ3v) is 4.66. The molecule has 1 N–H and O–H groups in total. The summed E-state index contributed by atoms with van der Waals surface area (Å²) in [7, 11) is 0. The summed E-state index contributed by atoms with van der Waals surface area (Å²) >= 11 is 1.56. The molecule has 0 saturated carbocycles. The van der Waals surface area contributed by atoms with Crippen LogP contribution in [0.1, 0.15) is 42.9 Å². The van der Waals surface area contributed by atoms with Crippen LogP contribution >= 0.6 is 11.3 Å². The fraction of sp³-hybridized carbons (Fsp3) is 0.600. The number of hydrogen-bond donors (Lipinski definition) is 1. The second-order valence-corrected chi connectivity index (χ2v) is 5.98. The zero-order valence-electron chi connectivity index (χ0n) is 13.1. The van der Waals surface area contributed by atoms with E-state index in [0.717, 1.165) is 43.1 Å². The van der Waals surface area contributed by atoms with Crippen LogP contribution in [-0.2, 0) is 0 Å². The molecule has 0 aliphatic rings. The number of aryl methyl sites for hydroxylation is 1. The van der Waals surface area contributed by atoms with Crippen molar-refractivity contribution >= 4 is 22.2 Å². The van der Waals surface area contributed by atoms with Crippen molar-refractivity contribution in [2.24, 2.45) is 0 Å². The van der Waals surface area contributed by atoms with Gasteiger partial charge >= 0.3 is 0 Å². The number of nitrogens with one attached hydrogen (secondary N) is 1. The van der Waals surface area contributed by atoms with Crippen LogP contribution in [-0.4, -0.2) is 46.4 Å². The largest absolute Gasteiger partial charge is 0.351 e. The normalized spacial score (nSPS) is 11.4. The number of carbonyl (C=O) groups excluding carboxylic acids is 1. The Morgan fingerprint density at radius 2 is 2.14 bits per heavy atom. The Morgan fingerprint density at radius 3 is 2.81 bits per heavy atom. The van der Waals surface area contributed by atoms with Crippen LogP contribution in [0.15, 0.2) is 11.6 Å². The van der Waals surface area contributed by atoms with Gasteiger partial charge in [-0.1, -0.05) is 13.8 Å². The number of thiazole rings is 1. The van der Waals surface area contributed by atoms with Crippen LogP contribution < -0.4 is 5.32 Å². The minimum atomic E-state index is -0.0758. The molecule has 21 heavy (non-hydrogen) atoms. The second kappa shape index (κ2) is 7.56. The Bertz CT molecular complexity index is 586. The lowest BCUT2D eigenvalue weighted by atomic mass is 10.3. The molecule has 0 aromatic carbocycles. The molecule has 0 fully saturated rings. The molecule has 0 aliphatic heterocycles. The van der Waals surface area contributed by atoms with E-state index in [0.29, 0.717) is 12.2 Å². The smallest absolute Gasteiger partial charge is 0.271 e. The Kier molecular flexibility index (Phi) is 5.76. The highest BCUT2D eigenvalue weighted by Gasteiger charge is 2.12. The minimum Gasteiger partial charge on any atom is -0.351 e. The van der Waals surface area contributed by atoms with Crippen LogP contribution in [0.3, 0.4) is 0 Å². The lowest BCUT2D eigenvalue weighted by Crippen LogP contribution is -2.27. The lowest BCUT2D eigenvalue weighted by Gasteiger charge is -2.17. The maximum Gasteiger partial charge on any atom is 0.271 e. The summed E-state index contributed by atoms with van der Waals surface area (Å²) in [6.07, 6.45) is 3.93. The third kappa shape index (κ3) is 4.04. The van der Waals surface area contributed by atoms with Crippen LogP contribution in [0.4, 0.5) is 0 Å². The van der Waals surface area contributed by atoms with Crippen molar-refractivity contribution < 1.29 is 4.79 Å². The minimum absolute atomic E-state index is 0.0758. The Balaban J connectivity index is 1.74. The number of rotatable bonds is 8. The number of fused-ring (bicyclic) bond motifs is 1. The number of hydrogen-bond acceptors (Lipinski definition) is 4. The molecule has 0 saturated heterocycles. The highest BCUT2D eigenvalue weighted by Crippen LogP contribution is 2.15. The summed E-state index contributed by atoms with van der Waals surface area (Å²) < 4.78 is 1.96. The number of unbranched alkanes of at least 4 members (excludes halogenated alkanes) is 1. The lowest BCUT2D eigenvalue weighted by molar-refractivity contribution is 0.0948. The van der Waals surface area contributed by atoms with Crippen LogP contribution in [0.25, 0.3) is 4.96 Å². The molecule has 0 radical (unpaired) electrons. The van der Waals surface area contributed by atoms with Gasteiger partial charge in [0.05, 0.1) is 0 Å². The Morgan fingerprint density at radius 1 is 1.38 bits per heavy atom. The Hall–Kier alpha value is -1.40. The van der Waals surface area contributed by atoms with E-state index >= 15 is 0 Å². The molecule has 2 aromatic heterocycles. The number of aromatic nitrogens is 2. The molecular weight excluding hydrogens is 284 g/mol. The standard InChI is InChI=1S/C15H24N4OS/c1-4-18(5-2)9-7-6-8-16-14(20)13-10-19-12(3)11-21-15(19)17-13/h10-11H,4-9H2,1-3H3,(H,16,20). The molecule has 5 nitrogen and oxygen atoms in total. The molecule has 0 spiro atoms. The van der Waals surface area contributed by atoms with Gasteiger partial charge in [-0.15, -0.1) is 11.3 Å². The first kappa shape index (κ1) is 16.0. The van der Waals surface area contributed by atoms with E-state index in [2.05, 4.69) is 29.0 Å². The molecule has 116 valence electrons. The number of nitrogens with zero attached hydrogens (tertiary/aromatic N) is 3. The van der Waals surface area contributed by atoms with E-state index in [9.17, 15) is 4.79 Å². The van der Waals surface area contributed by atoms with Gasteiger partial charge in [0, 0.05) is 23.8 Å². The molecule has 0 bridgehead atoms. The van der Waals surface area contributed by atoms with E-state index in [1.807, 2.05) is 22.9 Å². The molecule has 0 atom stereocenters. The van der Waals surface area contributed by atoms with Gasteiger partial charge < -0.3 is 10.2 Å². The molecule has 6 heteroatoms. The summed E-state index contributed by atoms with van der Waals surface area (Å²) in [4.78, 5) is 19.7. The highest BCUT2D eigenvalue weighted by molar-refractivity contribution is 7.15. The van der Waals surface area contributed by atoms with Crippen molar-refractivity contribution in [2.45, 2.75) is 33.6 Å². The van der Waals surface area contributed by atoms with Crippen molar-refractivity contribution in [1.29, 1.82) is 0 Å². The third-order valence-electron chi connectivity index (χ3n) is 3.70. The molecule has 0 aliphatic carbocycles. The summed E-state index contributed by atoms with van der Waals surface area (Å²) in [5.74, 6) is -0.0758. The van der Waals surface area contributed by atoms with Crippen molar-refractivity contribution in [3.63, 3.8) is 0 Å².